The Morgan fingerprint density at radius 1 is 0.929 bits per heavy atom. The lowest BCUT2D eigenvalue weighted by Crippen LogP contribution is -2.47. The van der Waals surface area contributed by atoms with Crippen molar-refractivity contribution in [3.63, 3.8) is 0 Å². The predicted molar refractivity (Wildman–Crippen MR) is 104 cm³/mol. The molecular formula is C21H18F2N2O2S. The number of amides is 2. The van der Waals surface area contributed by atoms with Crippen LogP contribution in [-0.2, 0) is 17.8 Å². The van der Waals surface area contributed by atoms with Gasteiger partial charge in [-0.3, -0.25) is 9.59 Å². The van der Waals surface area contributed by atoms with E-state index >= 15 is 0 Å². The van der Waals surface area contributed by atoms with Gasteiger partial charge in [0.15, 0.2) is 0 Å². The third-order valence-corrected chi connectivity index (χ3v) is 4.91. The van der Waals surface area contributed by atoms with E-state index in [9.17, 15) is 18.4 Å². The minimum absolute atomic E-state index is 0.0479. The Morgan fingerprint density at radius 2 is 1.64 bits per heavy atom. The van der Waals surface area contributed by atoms with Gasteiger partial charge in [0.05, 0.1) is 4.88 Å². The SMILES string of the molecule is O=C(NC(Cc1ccccc1)C(=O)NCc1cc(F)cc(F)c1)c1cccs1. The summed E-state index contributed by atoms with van der Waals surface area (Å²) in [6.07, 6.45) is 0.293. The number of halogens is 2. The maximum atomic E-state index is 13.3. The van der Waals surface area contributed by atoms with Crippen molar-refractivity contribution in [2.75, 3.05) is 0 Å². The molecule has 3 aromatic rings. The van der Waals surface area contributed by atoms with Gasteiger partial charge < -0.3 is 10.6 Å². The Labute approximate surface area is 165 Å². The number of carbonyl (C=O) groups excluding carboxylic acids is 2. The van der Waals surface area contributed by atoms with Crippen molar-refractivity contribution in [2.24, 2.45) is 0 Å². The van der Waals surface area contributed by atoms with Gasteiger partial charge in [-0.05, 0) is 34.7 Å². The smallest absolute Gasteiger partial charge is 0.262 e. The van der Waals surface area contributed by atoms with E-state index in [1.807, 2.05) is 30.3 Å². The van der Waals surface area contributed by atoms with E-state index in [1.54, 1.807) is 17.5 Å². The Bertz CT molecular complexity index is 926. The zero-order valence-electron chi connectivity index (χ0n) is 14.8. The standard InChI is InChI=1S/C21H18F2N2O2S/c22-16-9-15(10-17(23)12-16)13-24-20(26)18(11-14-5-2-1-3-6-14)25-21(27)19-7-4-8-28-19/h1-10,12,18H,11,13H2,(H,24,26)(H,25,27). The van der Waals surface area contributed by atoms with Gasteiger partial charge in [0.2, 0.25) is 5.91 Å². The molecule has 1 aromatic heterocycles. The molecule has 2 aromatic carbocycles. The molecule has 0 saturated carbocycles. The molecule has 0 aliphatic carbocycles. The van der Waals surface area contributed by atoms with Crippen molar-refractivity contribution < 1.29 is 18.4 Å². The molecule has 28 heavy (non-hydrogen) atoms. The molecule has 0 radical (unpaired) electrons. The Balaban J connectivity index is 1.71. The van der Waals surface area contributed by atoms with Gasteiger partial charge in [-0.1, -0.05) is 36.4 Å². The maximum Gasteiger partial charge on any atom is 0.262 e. The first-order valence-electron chi connectivity index (χ1n) is 8.62. The number of hydrogen-bond donors (Lipinski definition) is 2. The first kappa shape index (κ1) is 19.7. The van der Waals surface area contributed by atoms with Crippen LogP contribution < -0.4 is 10.6 Å². The highest BCUT2D eigenvalue weighted by atomic mass is 32.1. The molecule has 2 amide bonds. The molecule has 1 atom stereocenters. The van der Waals surface area contributed by atoms with Crippen molar-refractivity contribution in [1.29, 1.82) is 0 Å². The van der Waals surface area contributed by atoms with Crippen LogP contribution in [-0.4, -0.2) is 17.9 Å². The third-order valence-electron chi connectivity index (χ3n) is 4.04. The van der Waals surface area contributed by atoms with Gasteiger partial charge >= 0.3 is 0 Å². The van der Waals surface area contributed by atoms with Crippen LogP contribution in [0, 0.1) is 11.6 Å². The van der Waals surface area contributed by atoms with Gasteiger partial charge in [0.25, 0.3) is 5.91 Å². The summed E-state index contributed by atoms with van der Waals surface area (Å²) >= 11 is 1.28. The molecule has 0 fully saturated rings. The van der Waals surface area contributed by atoms with Crippen molar-refractivity contribution >= 4 is 23.2 Å². The summed E-state index contributed by atoms with van der Waals surface area (Å²) in [7, 11) is 0. The maximum absolute atomic E-state index is 13.3. The highest BCUT2D eigenvalue weighted by molar-refractivity contribution is 7.12. The zero-order valence-corrected chi connectivity index (χ0v) is 15.6. The van der Waals surface area contributed by atoms with E-state index < -0.39 is 23.6 Å². The lowest BCUT2D eigenvalue weighted by Gasteiger charge is -2.18. The van der Waals surface area contributed by atoms with E-state index in [-0.39, 0.29) is 12.5 Å². The van der Waals surface area contributed by atoms with Crippen molar-refractivity contribution in [3.05, 3.63) is 93.7 Å². The summed E-state index contributed by atoms with van der Waals surface area (Å²) in [6, 6.07) is 15.0. The topological polar surface area (TPSA) is 58.2 Å². The second-order valence-electron chi connectivity index (χ2n) is 6.19. The quantitative estimate of drug-likeness (QED) is 0.636. The van der Waals surface area contributed by atoms with Crippen molar-refractivity contribution in [3.8, 4) is 0 Å². The molecule has 144 valence electrons. The number of nitrogens with one attached hydrogen (secondary N) is 2. The Morgan fingerprint density at radius 3 is 2.29 bits per heavy atom. The predicted octanol–water partition coefficient (Wildman–Crippen LogP) is 3.68. The van der Waals surface area contributed by atoms with Crippen molar-refractivity contribution in [2.45, 2.75) is 19.0 Å². The minimum Gasteiger partial charge on any atom is -0.350 e. The molecule has 4 nitrogen and oxygen atoms in total. The van der Waals surface area contributed by atoms with Crippen LogP contribution in [0.25, 0.3) is 0 Å². The molecule has 7 heteroatoms. The summed E-state index contributed by atoms with van der Waals surface area (Å²) in [5.41, 5.74) is 1.18. The molecule has 2 N–H and O–H groups in total. The first-order chi connectivity index (χ1) is 13.5. The third kappa shape index (κ3) is 5.47. The fraction of sp³-hybridized carbons (Fsp3) is 0.143. The second-order valence-corrected chi connectivity index (χ2v) is 7.14. The second kappa shape index (κ2) is 9.23. The van der Waals surface area contributed by atoms with Crippen LogP contribution in [0.2, 0.25) is 0 Å². The molecule has 0 aliphatic rings. The summed E-state index contributed by atoms with van der Waals surface area (Å²) in [4.78, 5) is 25.6. The van der Waals surface area contributed by atoms with Gasteiger partial charge in [0, 0.05) is 19.0 Å². The Hall–Kier alpha value is -3.06. The molecule has 0 saturated heterocycles. The average molecular weight is 400 g/mol. The zero-order chi connectivity index (χ0) is 19.9. The van der Waals surface area contributed by atoms with Crippen molar-refractivity contribution in [1.82, 2.24) is 10.6 Å². The fourth-order valence-corrected chi connectivity index (χ4v) is 3.35. The van der Waals surface area contributed by atoms with Crippen LogP contribution in [0.3, 0.4) is 0 Å². The van der Waals surface area contributed by atoms with Gasteiger partial charge in [-0.25, -0.2) is 8.78 Å². The number of rotatable bonds is 7. The van der Waals surface area contributed by atoms with Crippen LogP contribution >= 0.6 is 11.3 Å². The van der Waals surface area contributed by atoms with E-state index in [0.29, 0.717) is 16.9 Å². The number of hydrogen-bond acceptors (Lipinski definition) is 3. The summed E-state index contributed by atoms with van der Waals surface area (Å²) in [5.74, 6) is -2.20. The van der Waals surface area contributed by atoms with E-state index in [2.05, 4.69) is 10.6 Å². The number of thiophene rings is 1. The van der Waals surface area contributed by atoms with Crippen LogP contribution in [0.4, 0.5) is 8.78 Å². The molecule has 1 heterocycles. The molecule has 0 bridgehead atoms. The van der Waals surface area contributed by atoms with Gasteiger partial charge in [0.1, 0.15) is 17.7 Å². The lowest BCUT2D eigenvalue weighted by atomic mass is 10.0. The molecule has 1 unspecified atom stereocenters. The van der Waals surface area contributed by atoms with Gasteiger partial charge in [-0.2, -0.15) is 0 Å². The monoisotopic (exact) mass is 400 g/mol. The highest BCUT2D eigenvalue weighted by Crippen LogP contribution is 2.11. The molecule has 0 aliphatic heterocycles. The van der Waals surface area contributed by atoms with Gasteiger partial charge in [-0.15, -0.1) is 11.3 Å². The Kier molecular flexibility index (Phi) is 6.49. The molecular weight excluding hydrogens is 382 g/mol. The van der Waals surface area contributed by atoms with Crippen LogP contribution in [0.1, 0.15) is 20.8 Å². The van der Waals surface area contributed by atoms with E-state index in [0.717, 1.165) is 23.8 Å². The highest BCUT2D eigenvalue weighted by Gasteiger charge is 2.22. The lowest BCUT2D eigenvalue weighted by molar-refractivity contribution is -0.123. The van der Waals surface area contributed by atoms with Crippen LogP contribution in [0.5, 0.6) is 0 Å². The minimum atomic E-state index is -0.824. The molecule has 3 rings (SSSR count). The van der Waals surface area contributed by atoms with E-state index in [4.69, 9.17) is 0 Å². The van der Waals surface area contributed by atoms with Crippen LogP contribution in [0.15, 0.2) is 66.0 Å². The summed E-state index contributed by atoms with van der Waals surface area (Å²) in [5, 5.41) is 7.16. The van der Waals surface area contributed by atoms with E-state index in [1.165, 1.54) is 11.3 Å². The fourth-order valence-electron chi connectivity index (χ4n) is 2.72. The average Bonchev–Trinajstić information content (AvgIpc) is 3.20. The first-order valence-corrected chi connectivity index (χ1v) is 9.50. The molecule has 0 spiro atoms. The number of carbonyl (C=O) groups is 2. The number of benzene rings is 2. The summed E-state index contributed by atoms with van der Waals surface area (Å²) < 4.78 is 26.6. The normalized spacial score (nSPS) is 11.6. The summed E-state index contributed by atoms with van der Waals surface area (Å²) in [6.45, 7) is -0.0479. The largest absolute Gasteiger partial charge is 0.350 e.